The second-order valence-electron chi connectivity index (χ2n) is 3.80. The summed E-state index contributed by atoms with van der Waals surface area (Å²) in [6, 6.07) is 2.87. The lowest BCUT2D eigenvalue weighted by Crippen LogP contribution is -2.15. The van der Waals surface area contributed by atoms with Crippen molar-refractivity contribution in [1.82, 2.24) is 0 Å². The van der Waals surface area contributed by atoms with Gasteiger partial charge in [0.05, 0.1) is 17.3 Å². The van der Waals surface area contributed by atoms with Crippen molar-refractivity contribution in [3.63, 3.8) is 0 Å². The molecule has 9 heteroatoms. The van der Waals surface area contributed by atoms with Crippen LogP contribution in [0.25, 0.3) is 0 Å². The van der Waals surface area contributed by atoms with E-state index in [9.17, 15) is 14.5 Å². The van der Waals surface area contributed by atoms with Crippen molar-refractivity contribution in [1.29, 1.82) is 0 Å². The summed E-state index contributed by atoms with van der Waals surface area (Å²) >= 11 is 1.92. The minimum absolute atomic E-state index is 0.225. The van der Waals surface area contributed by atoms with E-state index in [2.05, 4.69) is 0 Å². The van der Waals surface area contributed by atoms with E-state index >= 15 is 0 Å². The van der Waals surface area contributed by atoms with Gasteiger partial charge in [0.1, 0.15) is 0 Å². The van der Waals surface area contributed by atoms with Crippen LogP contribution >= 0.6 is 30.6 Å². The standard InChI is InChI=1S/C12H14IO7P/c1-3-19-10(14)6-20-11-8(13)4-7(5-9(11)18-2)12(15)21(16)17/h4-5,12,15H,3,6H2,1-2H3/p+1. The van der Waals surface area contributed by atoms with Crippen LogP contribution in [0.2, 0.25) is 0 Å². The third kappa shape index (κ3) is 5.06. The van der Waals surface area contributed by atoms with Crippen LogP contribution < -0.4 is 9.47 Å². The quantitative estimate of drug-likeness (QED) is 0.388. The van der Waals surface area contributed by atoms with E-state index in [4.69, 9.17) is 19.1 Å². The first-order valence-electron chi connectivity index (χ1n) is 5.89. The number of aliphatic hydroxyl groups excluding tert-OH is 1. The van der Waals surface area contributed by atoms with E-state index in [0.717, 1.165) is 0 Å². The van der Waals surface area contributed by atoms with Gasteiger partial charge in [0.15, 0.2) is 18.1 Å². The third-order valence-corrected chi connectivity index (χ3v) is 3.92. The van der Waals surface area contributed by atoms with E-state index in [1.165, 1.54) is 19.2 Å². The number of carbonyl (C=O) groups is 1. The minimum atomic E-state index is -2.77. The molecule has 0 radical (unpaired) electrons. The molecule has 0 saturated carbocycles. The Hall–Kier alpha value is -0.960. The Labute approximate surface area is 136 Å². The maximum absolute atomic E-state index is 11.3. The molecule has 0 saturated heterocycles. The van der Waals surface area contributed by atoms with Crippen molar-refractivity contribution in [3.05, 3.63) is 21.3 Å². The summed E-state index contributed by atoms with van der Waals surface area (Å²) in [5.41, 5.74) is 0.225. The Balaban J connectivity index is 3.00. The lowest BCUT2D eigenvalue weighted by Gasteiger charge is -2.13. The monoisotopic (exact) mass is 429 g/mol. The lowest BCUT2D eigenvalue weighted by molar-refractivity contribution is -0.145. The van der Waals surface area contributed by atoms with E-state index in [1.54, 1.807) is 6.92 Å². The highest BCUT2D eigenvalue weighted by atomic mass is 127. The van der Waals surface area contributed by atoms with Crippen LogP contribution in [0.5, 0.6) is 11.5 Å². The van der Waals surface area contributed by atoms with Crippen molar-refractivity contribution < 1.29 is 33.6 Å². The second-order valence-corrected chi connectivity index (χ2v) is 6.06. The maximum atomic E-state index is 11.3. The molecule has 21 heavy (non-hydrogen) atoms. The van der Waals surface area contributed by atoms with Gasteiger partial charge < -0.3 is 19.3 Å². The molecule has 0 aliphatic carbocycles. The van der Waals surface area contributed by atoms with Gasteiger partial charge in [-0.25, -0.2) is 4.79 Å². The number of esters is 1. The molecule has 1 aromatic carbocycles. The predicted octanol–water partition coefficient (Wildman–Crippen LogP) is 1.97. The largest absolute Gasteiger partial charge is 0.542 e. The molecule has 0 aliphatic heterocycles. The normalized spacial score (nSPS) is 12.5. The van der Waals surface area contributed by atoms with Crippen LogP contribution in [0.4, 0.5) is 0 Å². The molecule has 1 rings (SSSR count). The molecular weight excluding hydrogens is 414 g/mol. The highest BCUT2D eigenvalue weighted by molar-refractivity contribution is 14.1. The molecule has 1 aromatic rings. The molecule has 0 heterocycles. The molecule has 0 aliphatic rings. The second kappa shape index (κ2) is 8.47. The number of carbonyl (C=O) groups excluding carboxylic acids is 1. The van der Waals surface area contributed by atoms with Crippen molar-refractivity contribution >= 4 is 36.6 Å². The van der Waals surface area contributed by atoms with Crippen LogP contribution in [0.15, 0.2) is 12.1 Å². The fourth-order valence-corrected chi connectivity index (χ4v) is 2.68. The molecule has 2 atom stereocenters. The van der Waals surface area contributed by atoms with Gasteiger partial charge in [0.25, 0.3) is 0 Å². The van der Waals surface area contributed by atoms with E-state index in [-0.39, 0.29) is 24.5 Å². The number of methoxy groups -OCH3 is 1. The molecule has 0 fully saturated rings. The summed E-state index contributed by atoms with van der Waals surface area (Å²) in [4.78, 5) is 20.2. The number of aliphatic hydroxyl groups is 1. The number of benzene rings is 1. The molecule has 0 spiro atoms. The van der Waals surface area contributed by atoms with Crippen molar-refractivity contribution in [2.75, 3.05) is 20.3 Å². The van der Waals surface area contributed by atoms with Gasteiger partial charge in [-0.1, -0.05) is 0 Å². The van der Waals surface area contributed by atoms with Crippen LogP contribution in [0, 0.1) is 3.57 Å². The zero-order chi connectivity index (χ0) is 16.0. The number of ether oxygens (including phenoxy) is 3. The zero-order valence-electron chi connectivity index (χ0n) is 11.4. The van der Waals surface area contributed by atoms with Crippen LogP contribution in [0.3, 0.4) is 0 Å². The Morgan fingerprint density at radius 2 is 2.14 bits per heavy atom. The van der Waals surface area contributed by atoms with Gasteiger partial charge in [0, 0.05) is 5.56 Å². The SMILES string of the molecule is CCOC(=O)COc1c(I)cc(C(O)[P+](=O)O)cc1OC. The third-order valence-electron chi connectivity index (χ3n) is 2.40. The fraction of sp³-hybridized carbons (Fsp3) is 0.417. The van der Waals surface area contributed by atoms with Gasteiger partial charge >= 0.3 is 19.8 Å². The number of halogens is 1. The van der Waals surface area contributed by atoms with Gasteiger partial charge in [-0.2, -0.15) is 4.89 Å². The van der Waals surface area contributed by atoms with Gasteiger partial charge in [-0.05, 0) is 46.2 Å². The van der Waals surface area contributed by atoms with E-state index in [0.29, 0.717) is 9.32 Å². The molecule has 116 valence electrons. The van der Waals surface area contributed by atoms with Gasteiger partial charge in [-0.3, -0.25) is 0 Å². The predicted molar refractivity (Wildman–Crippen MR) is 82.6 cm³/mol. The number of rotatable bonds is 7. The molecule has 0 bridgehead atoms. The average Bonchev–Trinajstić information content (AvgIpc) is 2.44. The lowest BCUT2D eigenvalue weighted by atomic mass is 10.2. The maximum Gasteiger partial charge on any atom is 0.542 e. The minimum Gasteiger partial charge on any atom is -0.493 e. The zero-order valence-corrected chi connectivity index (χ0v) is 14.5. The van der Waals surface area contributed by atoms with Crippen LogP contribution in [-0.4, -0.2) is 36.3 Å². The molecule has 0 aromatic heterocycles. The summed E-state index contributed by atoms with van der Waals surface area (Å²) in [6.07, 6.45) is 0. The first-order chi connectivity index (χ1) is 9.90. The first-order valence-corrected chi connectivity index (χ1v) is 8.25. The van der Waals surface area contributed by atoms with E-state index < -0.39 is 19.8 Å². The molecule has 7 nitrogen and oxygen atoms in total. The average molecular weight is 429 g/mol. The van der Waals surface area contributed by atoms with Crippen molar-refractivity contribution in [2.24, 2.45) is 0 Å². The molecule has 2 N–H and O–H groups in total. The Bertz CT molecular complexity index is 535. The summed E-state index contributed by atoms with van der Waals surface area (Å²) in [5, 5.41) is 9.61. The summed E-state index contributed by atoms with van der Waals surface area (Å²) in [6.45, 7) is 1.66. The Morgan fingerprint density at radius 3 is 2.67 bits per heavy atom. The Morgan fingerprint density at radius 1 is 1.48 bits per heavy atom. The summed E-state index contributed by atoms with van der Waals surface area (Å²) in [7, 11) is -1.38. The first kappa shape index (κ1) is 18.1. The highest BCUT2D eigenvalue weighted by Crippen LogP contribution is 2.41. The Kier molecular flexibility index (Phi) is 7.30. The molecular formula is C12H15IO7P+. The number of hydrogen-bond acceptors (Lipinski definition) is 6. The topological polar surface area (TPSA) is 102 Å². The number of hydrogen-bond donors (Lipinski definition) is 2. The summed E-state index contributed by atoms with van der Waals surface area (Å²) < 4.78 is 26.7. The molecule has 2 unspecified atom stereocenters. The van der Waals surface area contributed by atoms with Gasteiger partial charge in [0.2, 0.25) is 0 Å². The van der Waals surface area contributed by atoms with Crippen molar-refractivity contribution in [2.45, 2.75) is 12.8 Å². The van der Waals surface area contributed by atoms with Crippen LogP contribution in [-0.2, 0) is 14.1 Å². The highest BCUT2D eigenvalue weighted by Gasteiger charge is 2.30. The molecule has 0 amide bonds. The van der Waals surface area contributed by atoms with Gasteiger partial charge in [-0.15, -0.1) is 0 Å². The van der Waals surface area contributed by atoms with Crippen molar-refractivity contribution in [3.8, 4) is 11.5 Å². The smallest absolute Gasteiger partial charge is 0.493 e. The fourth-order valence-electron chi connectivity index (χ4n) is 1.49. The summed E-state index contributed by atoms with van der Waals surface area (Å²) in [5.74, 6) is -1.48. The van der Waals surface area contributed by atoms with Crippen LogP contribution in [0.1, 0.15) is 18.3 Å². The van der Waals surface area contributed by atoms with E-state index in [1.807, 2.05) is 22.6 Å².